The molecule has 1 aromatic heterocycles. The maximum atomic E-state index is 13.6. The van der Waals surface area contributed by atoms with Crippen molar-refractivity contribution < 1.29 is 14.3 Å². The zero-order chi connectivity index (χ0) is 20.9. The Kier molecular flexibility index (Phi) is 6.02. The summed E-state index contributed by atoms with van der Waals surface area (Å²) in [7, 11) is 3.23. The molecule has 2 aromatic carbocycles. The highest BCUT2D eigenvalue weighted by atomic mass is 16.5. The van der Waals surface area contributed by atoms with E-state index in [4.69, 9.17) is 9.47 Å². The maximum Gasteiger partial charge on any atom is 0.278 e. The number of benzene rings is 2. The van der Waals surface area contributed by atoms with Crippen LogP contribution in [0.4, 0.5) is 0 Å². The number of amides is 1. The Morgan fingerprint density at radius 3 is 2.43 bits per heavy atom. The van der Waals surface area contributed by atoms with Gasteiger partial charge in [-0.3, -0.25) is 4.79 Å². The van der Waals surface area contributed by atoms with Gasteiger partial charge in [-0.1, -0.05) is 43.2 Å². The molecule has 0 N–H and O–H groups in total. The molecule has 0 spiro atoms. The lowest BCUT2D eigenvalue weighted by atomic mass is 10.0. The van der Waals surface area contributed by atoms with Gasteiger partial charge in [0.1, 0.15) is 5.75 Å². The Hall–Kier alpha value is -3.28. The third kappa shape index (κ3) is 4.03. The molecule has 0 radical (unpaired) electrons. The summed E-state index contributed by atoms with van der Waals surface area (Å²) in [5, 5.41) is 4.59. The van der Waals surface area contributed by atoms with E-state index in [1.807, 2.05) is 47.4 Å². The average Bonchev–Trinajstić information content (AvgIpc) is 3.09. The van der Waals surface area contributed by atoms with E-state index in [9.17, 15) is 4.79 Å². The summed E-state index contributed by atoms with van der Waals surface area (Å²) in [5.74, 6) is 1.21. The van der Waals surface area contributed by atoms with Crippen LogP contribution in [0, 0.1) is 0 Å². The quantitative estimate of drug-likeness (QED) is 0.620. The molecule has 0 unspecified atom stereocenters. The first-order valence-corrected chi connectivity index (χ1v) is 10.3. The molecule has 3 aromatic rings. The first-order valence-electron chi connectivity index (χ1n) is 10.3. The molecule has 0 saturated carbocycles. The minimum absolute atomic E-state index is 0.0116. The number of carbonyl (C=O) groups is 1. The van der Waals surface area contributed by atoms with Gasteiger partial charge in [-0.15, -0.1) is 0 Å². The molecule has 4 rings (SSSR count). The van der Waals surface area contributed by atoms with Gasteiger partial charge >= 0.3 is 0 Å². The fourth-order valence-corrected chi connectivity index (χ4v) is 4.03. The lowest BCUT2D eigenvalue weighted by Gasteiger charge is -2.30. The third-order valence-electron chi connectivity index (χ3n) is 5.64. The molecule has 6 heteroatoms. The zero-order valence-corrected chi connectivity index (χ0v) is 17.5. The van der Waals surface area contributed by atoms with E-state index in [-0.39, 0.29) is 11.9 Å². The van der Waals surface area contributed by atoms with Gasteiger partial charge in [-0.05, 0) is 42.7 Å². The molecule has 6 nitrogen and oxygen atoms in total. The number of likely N-dealkylation sites (tertiary alicyclic amines) is 1. The van der Waals surface area contributed by atoms with Crippen molar-refractivity contribution in [2.24, 2.45) is 0 Å². The van der Waals surface area contributed by atoms with Crippen molar-refractivity contribution in [3.05, 3.63) is 72.1 Å². The number of aromatic nitrogens is 2. The molecule has 1 amide bonds. The molecular weight excluding hydrogens is 378 g/mol. The number of para-hydroxylation sites is 1. The summed E-state index contributed by atoms with van der Waals surface area (Å²) in [5.41, 5.74) is 2.35. The molecular formula is C24H27N3O3. The number of hydrogen-bond donors (Lipinski definition) is 0. The predicted octanol–water partition coefficient (Wildman–Crippen LogP) is 4.65. The van der Waals surface area contributed by atoms with Gasteiger partial charge in [-0.2, -0.15) is 5.10 Å². The van der Waals surface area contributed by atoms with Crippen LogP contribution in [-0.4, -0.2) is 41.4 Å². The summed E-state index contributed by atoms with van der Waals surface area (Å²) in [6.45, 7) is 0.705. The second-order valence-electron chi connectivity index (χ2n) is 7.46. The van der Waals surface area contributed by atoms with Crippen molar-refractivity contribution >= 4 is 5.91 Å². The van der Waals surface area contributed by atoms with E-state index in [1.54, 1.807) is 25.1 Å². The Balaban J connectivity index is 1.67. The zero-order valence-electron chi connectivity index (χ0n) is 17.5. The highest BCUT2D eigenvalue weighted by molar-refractivity contribution is 5.95. The highest BCUT2D eigenvalue weighted by Gasteiger charge is 2.31. The van der Waals surface area contributed by atoms with Gasteiger partial charge in [-0.25, -0.2) is 4.68 Å². The van der Waals surface area contributed by atoms with E-state index < -0.39 is 0 Å². The molecule has 1 aliphatic heterocycles. The van der Waals surface area contributed by atoms with Crippen LogP contribution >= 0.6 is 0 Å². The van der Waals surface area contributed by atoms with E-state index in [1.165, 1.54) is 0 Å². The highest BCUT2D eigenvalue weighted by Crippen LogP contribution is 2.33. The van der Waals surface area contributed by atoms with E-state index >= 15 is 0 Å². The van der Waals surface area contributed by atoms with Gasteiger partial charge in [0.2, 0.25) is 0 Å². The van der Waals surface area contributed by atoms with Crippen molar-refractivity contribution in [2.45, 2.75) is 31.7 Å². The minimum Gasteiger partial charge on any atom is -0.497 e. The number of nitrogens with zero attached hydrogens (tertiary/aromatic N) is 3. The normalized spacial score (nSPS) is 16.7. The van der Waals surface area contributed by atoms with Gasteiger partial charge in [0.15, 0.2) is 11.4 Å². The van der Waals surface area contributed by atoms with Crippen molar-refractivity contribution in [3.63, 3.8) is 0 Å². The molecule has 1 fully saturated rings. The molecule has 2 heterocycles. The largest absolute Gasteiger partial charge is 0.497 e. The SMILES string of the molecule is COc1ccc([C@H]2CCCCCN2C(=O)c2nn(-c3ccccc3)cc2OC)cc1. The number of hydrogen-bond acceptors (Lipinski definition) is 4. The van der Waals surface area contributed by atoms with Gasteiger partial charge < -0.3 is 14.4 Å². The van der Waals surface area contributed by atoms with Crippen LogP contribution in [0.5, 0.6) is 11.5 Å². The number of ether oxygens (including phenoxy) is 2. The van der Waals surface area contributed by atoms with Crippen LogP contribution in [0.15, 0.2) is 60.8 Å². The predicted molar refractivity (Wildman–Crippen MR) is 115 cm³/mol. The molecule has 1 aliphatic rings. The fraction of sp³-hybridized carbons (Fsp3) is 0.333. The van der Waals surface area contributed by atoms with Crippen LogP contribution in [0.1, 0.15) is 47.8 Å². The molecule has 1 atom stereocenters. The summed E-state index contributed by atoms with van der Waals surface area (Å²) in [6.07, 6.45) is 5.89. The van der Waals surface area contributed by atoms with Crippen LogP contribution in [0.25, 0.3) is 5.69 Å². The van der Waals surface area contributed by atoms with Crippen LogP contribution < -0.4 is 9.47 Å². The first kappa shape index (κ1) is 20.0. The lowest BCUT2D eigenvalue weighted by molar-refractivity contribution is 0.0671. The third-order valence-corrected chi connectivity index (χ3v) is 5.64. The van der Waals surface area contributed by atoms with Gasteiger partial charge in [0.05, 0.1) is 32.1 Å². The number of carbonyl (C=O) groups excluding carboxylic acids is 1. The summed E-state index contributed by atoms with van der Waals surface area (Å²) in [4.78, 5) is 15.6. The molecule has 0 aliphatic carbocycles. The van der Waals surface area contributed by atoms with Gasteiger partial charge in [0, 0.05) is 6.54 Å². The first-order chi connectivity index (χ1) is 14.7. The van der Waals surface area contributed by atoms with E-state index in [2.05, 4.69) is 17.2 Å². The second kappa shape index (κ2) is 9.03. The minimum atomic E-state index is -0.0933. The topological polar surface area (TPSA) is 56.6 Å². The smallest absolute Gasteiger partial charge is 0.278 e. The van der Waals surface area contributed by atoms with Crippen molar-refractivity contribution in [3.8, 4) is 17.2 Å². The maximum absolute atomic E-state index is 13.6. The van der Waals surface area contributed by atoms with Crippen LogP contribution in [0.3, 0.4) is 0 Å². The van der Waals surface area contributed by atoms with Crippen LogP contribution in [0.2, 0.25) is 0 Å². The van der Waals surface area contributed by atoms with Crippen LogP contribution in [-0.2, 0) is 0 Å². The lowest BCUT2D eigenvalue weighted by Crippen LogP contribution is -2.35. The molecule has 156 valence electrons. The molecule has 0 bridgehead atoms. The summed E-state index contributed by atoms with van der Waals surface area (Å²) < 4.78 is 12.5. The fourth-order valence-electron chi connectivity index (χ4n) is 4.03. The Morgan fingerprint density at radius 1 is 0.967 bits per heavy atom. The Bertz CT molecular complexity index is 983. The van der Waals surface area contributed by atoms with E-state index in [0.717, 1.165) is 42.7 Å². The monoisotopic (exact) mass is 405 g/mol. The second-order valence-corrected chi connectivity index (χ2v) is 7.46. The Morgan fingerprint density at radius 2 is 1.73 bits per heavy atom. The van der Waals surface area contributed by atoms with Crippen molar-refractivity contribution in [2.75, 3.05) is 20.8 Å². The summed E-state index contributed by atoms with van der Waals surface area (Å²) in [6, 6.07) is 17.8. The standard InChI is InChI=1S/C24H27N3O3/c1-29-20-14-12-18(13-15-20)21-11-7-4-8-16-26(21)24(28)23-22(30-2)17-27(25-23)19-9-5-3-6-10-19/h3,5-6,9-10,12-15,17,21H,4,7-8,11,16H2,1-2H3/t21-/m1/s1. The van der Waals surface area contributed by atoms with Gasteiger partial charge in [0.25, 0.3) is 5.91 Å². The average molecular weight is 405 g/mol. The molecule has 30 heavy (non-hydrogen) atoms. The number of methoxy groups -OCH3 is 2. The number of rotatable bonds is 5. The van der Waals surface area contributed by atoms with Crippen molar-refractivity contribution in [1.82, 2.24) is 14.7 Å². The van der Waals surface area contributed by atoms with Crippen molar-refractivity contribution in [1.29, 1.82) is 0 Å². The Labute approximate surface area is 177 Å². The molecule has 1 saturated heterocycles. The van der Waals surface area contributed by atoms with E-state index in [0.29, 0.717) is 18.0 Å². The summed E-state index contributed by atoms with van der Waals surface area (Å²) >= 11 is 0.